The zero-order valence-electron chi connectivity index (χ0n) is 9.74. The summed E-state index contributed by atoms with van der Waals surface area (Å²) in [6, 6.07) is 1.14. The van der Waals surface area contributed by atoms with Gasteiger partial charge in [-0.05, 0) is 12.1 Å². The van der Waals surface area contributed by atoms with Gasteiger partial charge < -0.3 is 0 Å². The molecule has 0 bridgehead atoms. The molecule has 1 N–H and O–H groups in total. The molecule has 2 aromatic rings. The highest BCUT2D eigenvalue weighted by Crippen LogP contribution is 2.37. The summed E-state index contributed by atoms with van der Waals surface area (Å²) >= 11 is 11.4. The van der Waals surface area contributed by atoms with Gasteiger partial charge in [-0.1, -0.05) is 23.2 Å². The Hall–Kier alpha value is -2.00. The van der Waals surface area contributed by atoms with Crippen LogP contribution in [0.1, 0.15) is 5.56 Å². The Morgan fingerprint density at radius 2 is 1.76 bits per heavy atom. The topological polar surface area (TPSA) is 80.9 Å². The molecule has 1 aromatic heterocycles. The molecule has 0 spiro atoms. The molecule has 0 radical (unpaired) electrons. The third-order valence-corrected chi connectivity index (χ3v) is 3.09. The lowest BCUT2D eigenvalue weighted by atomic mass is 10.2. The van der Waals surface area contributed by atoms with Gasteiger partial charge in [0.15, 0.2) is 0 Å². The molecule has 1 aromatic carbocycles. The summed E-state index contributed by atoms with van der Waals surface area (Å²) in [7, 11) is 0. The minimum absolute atomic E-state index is 0.301. The molecule has 2 rings (SSSR count). The van der Waals surface area contributed by atoms with Crippen molar-refractivity contribution in [1.29, 1.82) is 0 Å². The van der Waals surface area contributed by atoms with Gasteiger partial charge in [0.05, 0.1) is 20.5 Å². The Morgan fingerprint density at radius 3 is 2.14 bits per heavy atom. The number of nitrogens with zero attached hydrogens (tertiary/aromatic N) is 2. The number of halogens is 5. The van der Waals surface area contributed by atoms with Crippen molar-refractivity contribution in [2.75, 3.05) is 0 Å². The highest BCUT2D eigenvalue weighted by molar-refractivity contribution is 6.37. The highest BCUT2D eigenvalue weighted by atomic mass is 35.5. The third kappa shape index (κ3) is 2.74. The van der Waals surface area contributed by atoms with Crippen molar-refractivity contribution in [2.24, 2.45) is 0 Å². The van der Waals surface area contributed by atoms with Crippen LogP contribution in [0.25, 0.3) is 5.69 Å². The number of hydrogen-bond donors (Lipinski definition) is 1. The maximum absolute atomic E-state index is 12.6. The van der Waals surface area contributed by atoms with Crippen molar-refractivity contribution < 1.29 is 18.1 Å². The Morgan fingerprint density at radius 1 is 1.24 bits per heavy atom. The highest BCUT2D eigenvalue weighted by Gasteiger charge is 2.32. The summed E-state index contributed by atoms with van der Waals surface area (Å²) in [5.74, 6) is 0. The molecule has 0 unspecified atom stereocenters. The number of rotatable bonds is 2. The van der Waals surface area contributed by atoms with Crippen LogP contribution in [0.5, 0.6) is 0 Å². The van der Waals surface area contributed by atoms with Crippen LogP contribution in [0.15, 0.2) is 23.1 Å². The molecule has 1 heterocycles. The SMILES string of the molecule is O=c1c([N+](=O)[O-])c[nH]n1-c1c(Cl)cc(C(F)(F)F)cc1Cl. The lowest BCUT2D eigenvalue weighted by Crippen LogP contribution is -2.18. The Balaban J connectivity index is 2.67. The lowest BCUT2D eigenvalue weighted by molar-refractivity contribution is -0.386. The molecule has 0 amide bonds. The summed E-state index contributed by atoms with van der Waals surface area (Å²) in [5.41, 5.74) is -3.29. The van der Waals surface area contributed by atoms with Crippen molar-refractivity contribution in [1.82, 2.24) is 9.78 Å². The monoisotopic (exact) mass is 341 g/mol. The smallest absolute Gasteiger partial charge is 0.291 e. The van der Waals surface area contributed by atoms with E-state index in [-0.39, 0.29) is 5.69 Å². The second-order valence-corrected chi connectivity index (χ2v) is 4.66. The van der Waals surface area contributed by atoms with Crippen LogP contribution in [-0.4, -0.2) is 14.7 Å². The van der Waals surface area contributed by atoms with Crippen molar-refractivity contribution in [3.8, 4) is 5.69 Å². The first-order valence-electron chi connectivity index (χ1n) is 5.14. The van der Waals surface area contributed by atoms with Crippen molar-refractivity contribution >= 4 is 28.9 Å². The number of nitro groups is 1. The van der Waals surface area contributed by atoms with Crippen LogP contribution >= 0.6 is 23.2 Å². The van der Waals surface area contributed by atoms with Gasteiger partial charge in [-0.2, -0.15) is 13.2 Å². The summed E-state index contributed by atoms with van der Waals surface area (Å²) in [6.07, 6.45) is -3.88. The third-order valence-electron chi connectivity index (χ3n) is 2.52. The molecule has 0 aliphatic carbocycles. The average Bonchev–Trinajstić information content (AvgIpc) is 2.69. The first kappa shape index (κ1) is 15.4. The second kappa shape index (κ2) is 5.08. The zero-order chi connectivity index (χ0) is 15.9. The van der Waals surface area contributed by atoms with Crippen LogP contribution < -0.4 is 5.56 Å². The lowest BCUT2D eigenvalue weighted by Gasteiger charge is -2.12. The van der Waals surface area contributed by atoms with Crippen LogP contribution in [0.2, 0.25) is 10.0 Å². The molecule has 0 fully saturated rings. The quantitative estimate of drug-likeness (QED) is 0.671. The summed E-state index contributed by atoms with van der Waals surface area (Å²) in [6.45, 7) is 0. The normalized spacial score (nSPS) is 11.7. The second-order valence-electron chi connectivity index (χ2n) is 3.84. The number of nitrogens with one attached hydrogen (secondary N) is 1. The van der Waals surface area contributed by atoms with Gasteiger partial charge in [0, 0.05) is 0 Å². The van der Waals surface area contributed by atoms with E-state index in [1.165, 1.54) is 0 Å². The van der Waals surface area contributed by atoms with Crippen LogP contribution in [0.4, 0.5) is 18.9 Å². The standard InChI is InChI=1S/C10H4Cl2F3N3O3/c11-5-1-4(10(13,14)15)2-6(12)8(5)17-9(19)7(3-16-17)18(20)21/h1-3,16H. The maximum Gasteiger partial charge on any atom is 0.416 e. The first-order chi connectivity index (χ1) is 9.62. The number of alkyl halides is 3. The summed E-state index contributed by atoms with van der Waals surface area (Å²) in [4.78, 5) is 21.4. The largest absolute Gasteiger partial charge is 0.416 e. The van der Waals surface area contributed by atoms with Crippen molar-refractivity contribution in [3.63, 3.8) is 0 Å². The molecule has 11 heteroatoms. The number of hydrogen-bond acceptors (Lipinski definition) is 3. The Labute approximate surface area is 123 Å². The minimum Gasteiger partial charge on any atom is -0.291 e. The van der Waals surface area contributed by atoms with Crippen molar-refractivity contribution in [3.05, 3.63) is 54.4 Å². The van der Waals surface area contributed by atoms with E-state index in [1.807, 2.05) is 0 Å². The molecular weight excluding hydrogens is 338 g/mol. The molecule has 0 atom stereocenters. The molecule has 21 heavy (non-hydrogen) atoms. The van der Waals surface area contributed by atoms with E-state index in [9.17, 15) is 28.1 Å². The molecule has 0 aliphatic rings. The van der Waals surface area contributed by atoms with E-state index in [4.69, 9.17) is 23.2 Å². The van der Waals surface area contributed by atoms with Crippen LogP contribution in [0, 0.1) is 10.1 Å². The average molecular weight is 342 g/mol. The maximum atomic E-state index is 12.6. The van der Waals surface area contributed by atoms with Gasteiger partial charge in [0.1, 0.15) is 11.9 Å². The van der Waals surface area contributed by atoms with Gasteiger partial charge >= 0.3 is 17.4 Å². The predicted molar refractivity (Wildman–Crippen MR) is 68.1 cm³/mol. The van der Waals surface area contributed by atoms with E-state index < -0.39 is 38.0 Å². The number of aromatic nitrogens is 2. The van der Waals surface area contributed by atoms with E-state index in [0.717, 1.165) is 6.20 Å². The first-order valence-corrected chi connectivity index (χ1v) is 5.90. The van der Waals surface area contributed by atoms with Gasteiger partial charge in [-0.15, -0.1) is 0 Å². The van der Waals surface area contributed by atoms with Crippen LogP contribution in [-0.2, 0) is 6.18 Å². The fourth-order valence-electron chi connectivity index (χ4n) is 1.60. The van der Waals surface area contributed by atoms with Gasteiger partial charge in [-0.25, -0.2) is 4.68 Å². The Kier molecular flexibility index (Phi) is 3.72. The minimum atomic E-state index is -4.67. The van der Waals surface area contributed by atoms with E-state index in [0.29, 0.717) is 16.8 Å². The van der Waals surface area contributed by atoms with E-state index >= 15 is 0 Å². The fourth-order valence-corrected chi connectivity index (χ4v) is 2.26. The molecule has 0 aliphatic heterocycles. The van der Waals surface area contributed by atoms with Gasteiger partial charge in [-0.3, -0.25) is 20.0 Å². The molecule has 6 nitrogen and oxygen atoms in total. The predicted octanol–water partition coefficient (Wildman–Crippen LogP) is 3.40. The number of benzene rings is 1. The molecular formula is C10H4Cl2F3N3O3. The van der Waals surface area contributed by atoms with Gasteiger partial charge in [0.2, 0.25) is 0 Å². The number of aromatic amines is 1. The fraction of sp³-hybridized carbons (Fsp3) is 0.100. The van der Waals surface area contributed by atoms with E-state index in [2.05, 4.69) is 5.10 Å². The van der Waals surface area contributed by atoms with Crippen LogP contribution in [0.3, 0.4) is 0 Å². The van der Waals surface area contributed by atoms with E-state index in [1.54, 1.807) is 0 Å². The number of H-pyrrole nitrogens is 1. The van der Waals surface area contributed by atoms with Crippen molar-refractivity contribution in [2.45, 2.75) is 6.18 Å². The Bertz CT molecular complexity index is 759. The summed E-state index contributed by atoms with van der Waals surface area (Å²) in [5, 5.41) is 11.8. The van der Waals surface area contributed by atoms with Gasteiger partial charge in [0.25, 0.3) is 0 Å². The molecule has 0 saturated heterocycles. The zero-order valence-corrected chi connectivity index (χ0v) is 11.3. The summed E-state index contributed by atoms with van der Waals surface area (Å²) < 4.78 is 38.4. The molecule has 0 saturated carbocycles. The molecule has 112 valence electrons.